The van der Waals surface area contributed by atoms with E-state index < -0.39 is 6.10 Å². The van der Waals surface area contributed by atoms with Crippen molar-refractivity contribution in [3.8, 4) is 5.88 Å². The smallest absolute Gasteiger partial charge is 0.232 e. The summed E-state index contributed by atoms with van der Waals surface area (Å²) in [5.41, 5.74) is 2.84. The van der Waals surface area contributed by atoms with Crippen molar-refractivity contribution in [1.29, 1.82) is 0 Å². The predicted octanol–water partition coefficient (Wildman–Crippen LogP) is 4.11. The molecule has 1 fully saturated rings. The zero-order chi connectivity index (χ0) is 21.1. The van der Waals surface area contributed by atoms with E-state index in [0.717, 1.165) is 18.7 Å². The quantitative estimate of drug-likeness (QED) is 0.618. The SMILES string of the molecule is OCc1cc(C(O)c2ccc(F)cc2)ccc1N1CC[C@H](Oc2ncccc2Cl)C1. The zero-order valence-electron chi connectivity index (χ0n) is 16.2. The molecule has 30 heavy (non-hydrogen) atoms. The summed E-state index contributed by atoms with van der Waals surface area (Å²) < 4.78 is 19.1. The number of hydrogen-bond donors (Lipinski definition) is 2. The monoisotopic (exact) mass is 428 g/mol. The molecule has 4 rings (SSSR count). The summed E-state index contributed by atoms with van der Waals surface area (Å²) in [7, 11) is 0. The summed E-state index contributed by atoms with van der Waals surface area (Å²) in [6.45, 7) is 1.25. The van der Waals surface area contributed by atoms with Crippen LogP contribution in [0.3, 0.4) is 0 Å². The second-order valence-electron chi connectivity index (χ2n) is 7.27. The first-order chi connectivity index (χ1) is 14.5. The molecule has 1 unspecified atom stereocenters. The molecule has 1 aliphatic heterocycles. The molecule has 0 spiro atoms. The van der Waals surface area contributed by atoms with Crippen LogP contribution in [0.5, 0.6) is 5.88 Å². The Morgan fingerprint density at radius 1 is 1.17 bits per heavy atom. The topological polar surface area (TPSA) is 65.8 Å². The second kappa shape index (κ2) is 9.00. The summed E-state index contributed by atoms with van der Waals surface area (Å²) in [6.07, 6.45) is 1.49. The second-order valence-corrected chi connectivity index (χ2v) is 7.67. The van der Waals surface area contributed by atoms with Gasteiger partial charge in [-0.3, -0.25) is 0 Å². The number of nitrogens with zero attached hydrogens (tertiary/aromatic N) is 2. The van der Waals surface area contributed by atoms with E-state index >= 15 is 0 Å². The Balaban J connectivity index is 1.49. The first-order valence-electron chi connectivity index (χ1n) is 9.74. The molecule has 7 heteroatoms. The van der Waals surface area contributed by atoms with E-state index in [1.165, 1.54) is 12.1 Å². The van der Waals surface area contributed by atoms with Crippen molar-refractivity contribution in [3.05, 3.63) is 88.3 Å². The van der Waals surface area contributed by atoms with E-state index in [1.807, 2.05) is 12.1 Å². The van der Waals surface area contributed by atoms with Crippen molar-refractivity contribution >= 4 is 17.3 Å². The van der Waals surface area contributed by atoms with Crippen LogP contribution in [-0.2, 0) is 6.61 Å². The minimum Gasteiger partial charge on any atom is -0.471 e. The molecule has 0 amide bonds. The minimum atomic E-state index is -0.897. The van der Waals surface area contributed by atoms with E-state index in [-0.39, 0.29) is 18.5 Å². The number of aliphatic hydroxyl groups is 2. The largest absolute Gasteiger partial charge is 0.471 e. The number of halogens is 2. The Labute approximate surface area is 179 Å². The van der Waals surface area contributed by atoms with Gasteiger partial charge < -0.3 is 19.8 Å². The Morgan fingerprint density at radius 3 is 2.67 bits per heavy atom. The average Bonchev–Trinajstić information content (AvgIpc) is 3.23. The van der Waals surface area contributed by atoms with Gasteiger partial charge in [0.2, 0.25) is 5.88 Å². The number of aromatic nitrogens is 1. The zero-order valence-corrected chi connectivity index (χ0v) is 17.0. The van der Waals surface area contributed by atoms with Gasteiger partial charge in [-0.05, 0) is 47.5 Å². The fraction of sp³-hybridized carbons (Fsp3) is 0.261. The summed E-state index contributed by atoms with van der Waals surface area (Å²) >= 11 is 6.13. The fourth-order valence-electron chi connectivity index (χ4n) is 3.71. The van der Waals surface area contributed by atoms with Crippen molar-refractivity contribution in [2.24, 2.45) is 0 Å². The molecule has 1 saturated heterocycles. The third kappa shape index (κ3) is 4.41. The molecule has 2 N–H and O–H groups in total. The van der Waals surface area contributed by atoms with Crippen molar-refractivity contribution in [2.75, 3.05) is 18.0 Å². The van der Waals surface area contributed by atoms with Crippen LogP contribution in [0.15, 0.2) is 60.8 Å². The lowest BCUT2D eigenvalue weighted by atomic mass is 9.98. The van der Waals surface area contributed by atoms with E-state index in [0.29, 0.717) is 34.1 Å². The highest BCUT2D eigenvalue weighted by Gasteiger charge is 2.27. The van der Waals surface area contributed by atoms with Crippen LogP contribution in [0.4, 0.5) is 10.1 Å². The van der Waals surface area contributed by atoms with Gasteiger partial charge in [0.15, 0.2) is 0 Å². The van der Waals surface area contributed by atoms with Gasteiger partial charge in [-0.15, -0.1) is 0 Å². The molecule has 2 heterocycles. The van der Waals surface area contributed by atoms with Gasteiger partial charge in [-0.25, -0.2) is 9.37 Å². The Bertz CT molecular complexity index is 1020. The predicted molar refractivity (Wildman–Crippen MR) is 113 cm³/mol. The molecular weight excluding hydrogens is 407 g/mol. The lowest BCUT2D eigenvalue weighted by molar-refractivity contribution is 0.216. The fourth-order valence-corrected chi connectivity index (χ4v) is 3.87. The van der Waals surface area contributed by atoms with Gasteiger partial charge in [0.05, 0.1) is 13.2 Å². The van der Waals surface area contributed by atoms with Crippen LogP contribution in [0.2, 0.25) is 5.02 Å². The highest BCUT2D eigenvalue weighted by atomic mass is 35.5. The van der Waals surface area contributed by atoms with Crippen molar-refractivity contribution < 1.29 is 19.3 Å². The summed E-state index contributed by atoms with van der Waals surface area (Å²) in [4.78, 5) is 6.31. The lowest BCUT2D eigenvalue weighted by Gasteiger charge is -2.23. The Hall–Kier alpha value is -2.67. The number of ether oxygens (including phenoxy) is 1. The average molecular weight is 429 g/mol. The normalized spacial score (nSPS) is 17.2. The van der Waals surface area contributed by atoms with Gasteiger partial charge in [0, 0.05) is 30.4 Å². The Morgan fingerprint density at radius 2 is 1.93 bits per heavy atom. The van der Waals surface area contributed by atoms with E-state index in [9.17, 15) is 14.6 Å². The molecular formula is C23H22ClFN2O3. The van der Waals surface area contributed by atoms with E-state index in [2.05, 4.69) is 9.88 Å². The molecule has 1 aromatic heterocycles. The maximum absolute atomic E-state index is 13.1. The highest BCUT2D eigenvalue weighted by molar-refractivity contribution is 6.31. The summed E-state index contributed by atoms with van der Waals surface area (Å²) in [5.74, 6) is 0.0707. The van der Waals surface area contributed by atoms with Gasteiger partial charge in [0.25, 0.3) is 0 Å². The number of benzene rings is 2. The van der Waals surface area contributed by atoms with Crippen LogP contribution in [0.25, 0.3) is 0 Å². The molecule has 2 aromatic carbocycles. The van der Waals surface area contributed by atoms with Crippen LogP contribution >= 0.6 is 11.6 Å². The van der Waals surface area contributed by atoms with Gasteiger partial charge in [-0.2, -0.15) is 0 Å². The summed E-state index contributed by atoms with van der Waals surface area (Å²) in [5, 5.41) is 21.0. The molecule has 0 radical (unpaired) electrons. The van der Waals surface area contributed by atoms with Crippen LogP contribution in [0.1, 0.15) is 29.2 Å². The van der Waals surface area contributed by atoms with Crippen molar-refractivity contribution in [1.82, 2.24) is 4.98 Å². The first-order valence-corrected chi connectivity index (χ1v) is 10.1. The van der Waals surface area contributed by atoms with Gasteiger partial charge in [0.1, 0.15) is 23.0 Å². The molecule has 156 valence electrons. The third-order valence-electron chi connectivity index (χ3n) is 5.26. The van der Waals surface area contributed by atoms with Gasteiger partial charge in [-0.1, -0.05) is 29.8 Å². The number of hydrogen-bond acceptors (Lipinski definition) is 5. The molecule has 5 nitrogen and oxygen atoms in total. The van der Waals surface area contributed by atoms with Crippen LogP contribution in [0, 0.1) is 5.82 Å². The van der Waals surface area contributed by atoms with Crippen LogP contribution in [-0.4, -0.2) is 34.4 Å². The standard InChI is InChI=1S/C23H22ClFN2O3/c24-20-2-1-10-26-23(20)30-19-9-11-27(13-19)21-8-5-16(12-17(21)14-28)22(29)15-3-6-18(25)7-4-15/h1-8,10,12,19,22,28-29H,9,11,13-14H2/t19-,22?/m0/s1. The van der Waals surface area contributed by atoms with Gasteiger partial charge >= 0.3 is 0 Å². The maximum atomic E-state index is 13.1. The van der Waals surface area contributed by atoms with E-state index in [1.54, 1.807) is 36.5 Å². The molecule has 0 aliphatic carbocycles. The number of anilines is 1. The van der Waals surface area contributed by atoms with Crippen molar-refractivity contribution in [3.63, 3.8) is 0 Å². The van der Waals surface area contributed by atoms with Crippen molar-refractivity contribution in [2.45, 2.75) is 25.2 Å². The minimum absolute atomic E-state index is 0.0616. The van der Waals surface area contributed by atoms with Crippen LogP contribution < -0.4 is 9.64 Å². The molecule has 3 aromatic rings. The lowest BCUT2D eigenvalue weighted by Crippen LogP contribution is -2.25. The molecule has 0 bridgehead atoms. The Kier molecular flexibility index (Phi) is 6.18. The summed E-state index contributed by atoms with van der Waals surface area (Å²) in [6, 6.07) is 14.7. The number of rotatable bonds is 6. The molecule has 1 aliphatic rings. The van der Waals surface area contributed by atoms with E-state index in [4.69, 9.17) is 16.3 Å². The highest BCUT2D eigenvalue weighted by Crippen LogP contribution is 2.31. The molecule has 0 saturated carbocycles. The molecule has 2 atom stereocenters. The first kappa shape index (κ1) is 20.6. The number of aliphatic hydroxyl groups excluding tert-OH is 2. The maximum Gasteiger partial charge on any atom is 0.232 e. The number of pyridine rings is 1. The third-order valence-corrected chi connectivity index (χ3v) is 5.55.